The first-order valence-corrected chi connectivity index (χ1v) is 5.04. The fraction of sp³-hybridized carbons (Fsp3) is 0.500. The smallest absolute Gasteiger partial charge is 0.286 e. The second kappa shape index (κ2) is 3.68. The molecule has 1 aromatic heterocycles. The van der Waals surface area contributed by atoms with Crippen molar-refractivity contribution in [3.8, 4) is 0 Å². The van der Waals surface area contributed by atoms with E-state index in [9.17, 15) is 8.42 Å². The highest BCUT2D eigenvalue weighted by Gasteiger charge is 2.09. The third-order valence-electron chi connectivity index (χ3n) is 1.16. The molecule has 0 radical (unpaired) electrons. The fourth-order valence-electron chi connectivity index (χ4n) is 0.762. The molecular formula is C6H10N2O3S. The van der Waals surface area contributed by atoms with Gasteiger partial charge >= 0.3 is 0 Å². The Labute approximate surface area is 71.1 Å². The fourth-order valence-corrected chi connectivity index (χ4v) is 1.71. The van der Waals surface area contributed by atoms with E-state index < -0.39 is 10.1 Å². The Morgan fingerprint density at radius 3 is 2.83 bits per heavy atom. The minimum absolute atomic E-state index is 0.164. The summed E-state index contributed by atoms with van der Waals surface area (Å²) in [4.78, 5) is 3.71. The van der Waals surface area contributed by atoms with Gasteiger partial charge in [0.15, 0.2) is 5.88 Å². The zero-order valence-electron chi connectivity index (χ0n) is 6.67. The maximum atomic E-state index is 11.0. The lowest BCUT2D eigenvalue weighted by Gasteiger charge is -2.02. The summed E-state index contributed by atoms with van der Waals surface area (Å²) < 4.78 is 28.0. The van der Waals surface area contributed by atoms with E-state index in [2.05, 4.69) is 9.17 Å². The molecule has 1 heterocycles. The van der Waals surface area contributed by atoms with Crippen molar-refractivity contribution in [3.63, 3.8) is 0 Å². The van der Waals surface area contributed by atoms with Crippen molar-refractivity contribution in [3.05, 3.63) is 18.7 Å². The lowest BCUT2D eigenvalue weighted by atomic mass is 10.9. The molecule has 0 N–H and O–H groups in total. The highest BCUT2D eigenvalue weighted by Crippen LogP contribution is 1.97. The lowest BCUT2D eigenvalue weighted by molar-refractivity contribution is 0.333. The van der Waals surface area contributed by atoms with E-state index in [1.54, 1.807) is 13.1 Å². The van der Waals surface area contributed by atoms with Gasteiger partial charge in [-0.2, -0.15) is 8.42 Å². The van der Waals surface area contributed by atoms with Crippen LogP contribution in [-0.4, -0.2) is 24.6 Å². The van der Waals surface area contributed by atoms with Crippen molar-refractivity contribution in [2.75, 3.05) is 6.61 Å². The van der Waals surface area contributed by atoms with E-state index in [-0.39, 0.29) is 12.5 Å². The van der Waals surface area contributed by atoms with E-state index in [1.807, 2.05) is 0 Å². The molecule has 68 valence electrons. The molecule has 0 saturated heterocycles. The molecule has 0 aromatic carbocycles. The molecule has 0 spiro atoms. The quantitative estimate of drug-likeness (QED) is 0.636. The zero-order valence-corrected chi connectivity index (χ0v) is 7.49. The Bertz CT molecular complexity index is 317. The molecule has 1 aromatic rings. The summed E-state index contributed by atoms with van der Waals surface area (Å²) in [7, 11) is -3.43. The standard InChI is InChI=1S/C6H10N2O3S/c1-2-11-12(9,10)6-8-4-3-7-5-8/h3-5H,2,6H2,1H3. The van der Waals surface area contributed by atoms with Crippen molar-refractivity contribution in [2.24, 2.45) is 0 Å². The largest absolute Gasteiger partial charge is 0.320 e. The number of hydrogen-bond acceptors (Lipinski definition) is 4. The predicted octanol–water partition coefficient (Wildman–Crippen LogP) is 0.207. The van der Waals surface area contributed by atoms with Crippen LogP contribution in [0, 0.1) is 0 Å². The molecule has 0 aliphatic heterocycles. The van der Waals surface area contributed by atoms with Crippen LogP contribution in [0.2, 0.25) is 0 Å². The maximum absolute atomic E-state index is 11.0. The molecule has 1 rings (SSSR count). The summed E-state index contributed by atoms with van der Waals surface area (Å²) in [5.41, 5.74) is 0. The van der Waals surface area contributed by atoms with Gasteiger partial charge in [-0.15, -0.1) is 0 Å². The number of imidazole rings is 1. The first-order valence-electron chi connectivity index (χ1n) is 3.47. The van der Waals surface area contributed by atoms with E-state index in [1.165, 1.54) is 17.1 Å². The summed E-state index contributed by atoms with van der Waals surface area (Å²) in [6, 6.07) is 0. The van der Waals surface area contributed by atoms with E-state index in [0.29, 0.717) is 0 Å². The molecule has 0 atom stereocenters. The summed E-state index contributed by atoms with van der Waals surface area (Å²) >= 11 is 0. The summed E-state index contributed by atoms with van der Waals surface area (Å²) in [6.45, 7) is 1.79. The predicted molar refractivity (Wildman–Crippen MR) is 42.8 cm³/mol. The third-order valence-corrected chi connectivity index (χ3v) is 2.37. The Hall–Kier alpha value is -0.880. The molecule has 5 nitrogen and oxygen atoms in total. The molecule has 0 unspecified atom stereocenters. The van der Waals surface area contributed by atoms with Crippen molar-refractivity contribution in [1.82, 2.24) is 9.55 Å². The molecule has 0 bridgehead atoms. The lowest BCUT2D eigenvalue weighted by Crippen LogP contribution is -2.12. The number of hydrogen-bond donors (Lipinski definition) is 0. The van der Waals surface area contributed by atoms with Crippen LogP contribution >= 0.6 is 0 Å². The van der Waals surface area contributed by atoms with Gasteiger partial charge in [0.1, 0.15) is 0 Å². The molecule has 0 aliphatic rings. The van der Waals surface area contributed by atoms with E-state index in [4.69, 9.17) is 0 Å². The van der Waals surface area contributed by atoms with Gasteiger partial charge < -0.3 is 4.57 Å². The molecule has 6 heteroatoms. The number of nitrogens with zero attached hydrogens (tertiary/aromatic N) is 2. The van der Waals surface area contributed by atoms with Gasteiger partial charge in [0.25, 0.3) is 10.1 Å². The molecular weight excluding hydrogens is 180 g/mol. The van der Waals surface area contributed by atoms with Crippen LogP contribution < -0.4 is 0 Å². The summed E-state index contributed by atoms with van der Waals surface area (Å²) in [6.07, 6.45) is 4.51. The first-order chi connectivity index (χ1) is 5.64. The van der Waals surface area contributed by atoms with Crippen LogP contribution in [-0.2, 0) is 20.2 Å². The topological polar surface area (TPSA) is 61.2 Å². The molecule has 0 amide bonds. The zero-order chi connectivity index (χ0) is 9.03. The van der Waals surface area contributed by atoms with Gasteiger partial charge in [-0.1, -0.05) is 0 Å². The van der Waals surface area contributed by atoms with Crippen LogP contribution in [0.5, 0.6) is 0 Å². The van der Waals surface area contributed by atoms with E-state index >= 15 is 0 Å². The van der Waals surface area contributed by atoms with Gasteiger partial charge in [0.05, 0.1) is 12.9 Å². The first kappa shape index (κ1) is 9.21. The monoisotopic (exact) mass is 190 g/mol. The minimum atomic E-state index is -3.43. The van der Waals surface area contributed by atoms with Gasteiger partial charge in [-0.3, -0.25) is 4.18 Å². The summed E-state index contributed by atoms with van der Waals surface area (Å²) in [5, 5.41) is 0. The molecule has 12 heavy (non-hydrogen) atoms. The van der Waals surface area contributed by atoms with Gasteiger partial charge in [-0.25, -0.2) is 4.98 Å². The van der Waals surface area contributed by atoms with Crippen LogP contribution in [0.25, 0.3) is 0 Å². The second-order valence-electron chi connectivity index (χ2n) is 2.17. The summed E-state index contributed by atoms with van der Waals surface area (Å²) in [5.74, 6) is -0.180. The average Bonchev–Trinajstić information content (AvgIpc) is 2.38. The van der Waals surface area contributed by atoms with Gasteiger partial charge in [-0.05, 0) is 6.92 Å². The normalized spacial score (nSPS) is 11.8. The Kier molecular flexibility index (Phi) is 2.83. The number of rotatable bonds is 4. The van der Waals surface area contributed by atoms with Crippen molar-refractivity contribution in [2.45, 2.75) is 12.8 Å². The van der Waals surface area contributed by atoms with Crippen molar-refractivity contribution < 1.29 is 12.6 Å². The second-order valence-corrected chi connectivity index (χ2v) is 3.78. The minimum Gasteiger partial charge on any atom is -0.320 e. The van der Waals surface area contributed by atoms with Crippen molar-refractivity contribution in [1.29, 1.82) is 0 Å². The highest BCUT2D eigenvalue weighted by molar-refractivity contribution is 7.85. The SMILES string of the molecule is CCOS(=O)(=O)Cn1ccnc1. The highest BCUT2D eigenvalue weighted by atomic mass is 32.2. The van der Waals surface area contributed by atoms with Crippen molar-refractivity contribution >= 4 is 10.1 Å². The Balaban J connectivity index is 2.63. The molecule has 0 aliphatic carbocycles. The Morgan fingerprint density at radius 2 is 2.33 bits per heavy atom. The van der Waals surface area contributed by atoms with Crippen LogP contribution in [0.4, 0.5) is 0 Å². The van der Waals surface area contributed by atoms with Crippen LogP contribution in [0.1, 0.15) is 6.92 Å². The average molecular weight is 190 g/mol. The maximum Gasteiger partial charge on any atom is 0.286 e. The molecule has 0 saturated carbocycles. The van der Waals surface area contributed by atoms with Crippen LogP contribution in [0.15, 0.2) is 18.7 Å². The van der Waals surface area contributed by atoms with Crippen LogP contribution in [0.3, 0.4) is 0 Å². The van der Waals surface area contributed by atoms with Gasteiger partial charge in [0, 0.05) is 12.4 Å². The molecule has 0 fully saturated rings. The van der Waals surface area contributed by atoms with E-state index in [0.717, 1.165) is 0 Å². The van der Waals surface area contributed by atoms with Gasteiger partial charge in [0.2, 0.25) is 0 Å². The Morgan fingerprint density at radius 1 is 1.58 bits per heavy atom. The third kappa shape index (κ3) is 2.63. The number of aromatic nitrogens is 2.